The molecule has 1 aromatic carbocycles. The third kappa shape index (κ3) is 3.52. The number of nitro benzene ring substituents is 1. The zero-order chi connectivity index (χ0) is 14.4. The van der Waals surface area contributed by atoms with Crippen molar-refractivity contribution in [3.63, 3.8) is 0 Å². The van der Waals surface area contributed by atoms with Crippen molar-refractivity contribution < 1.29 is 9.76 Å². The number of amidine groups is 1. The van der Waals surface area contributed by atoms with Gasteiger partial charge in [0.15, 0.2) is 5.84 Å². The molecule has 2 N–H and O–H groups in total. The predicted molar refractivity (Wildman–Crippen MR) is 72.8 cm³/mol. The van der Waals surface area contributed by atoms with E-state index in [2.05, 4.69) is 10.1 Å². The molecule has 20 heavy (non-hydrogen) atoms. The fraction of sp³-hybridized carbons (Fsp3) is 0.0769. The number of nitrogens with zero attached hydrogens (tertiary/aromatic N) is 3. The molecule has 1 aromatic heterocycles. The Morgan fingerprint density at radius 1 is 1.30 bits per heavy atom. The van der Waals surface area contributed by atoms with Crippen LogP contribution in [0.5, 0.6) is 0 Å². The van der Waals surface area contributed by atoms with Crippen LogP contribution in [0.2, 0.25) is 0 Å². The van der Waals surface area contributed by atoms with Gasteiger partial charge in [-0.05, 0) is 29.8 Å². The lowest BCUT2D eigenvalue weighted by Gasteiger charge is -2.02. The second-order valence-corrected chi connectivity index (χ2v) is 3.89. The average Bonchev–Trinajstić information content (AvgIpc) is 2.48. The molecule has 0 unspecified atom stereocenters. The summed E-state index contributed by atoms with van der Waals surface area (Å²) in [5.74, 6) is 0.174. The van der Waals surface area contributed by atoms with Crippen LogP contribution in [0.25, 0.3) is 0 Å². The van der Waals surface area contributed by atoms with Gasteiger partial charge in [-0.1, -0.05) is 11.2 Å². The molecular formula is C13H12N4O3. The molecule has 0 radical (unpaired) electrons. The molecule has 0 aliphatic carbocycles. The highest BCUT2D eigenvalue weighted by molar-refractivity contribution is 5.95. The van der Waals surface area contributed by atoms with Crippen molar-refractivity contribution >= 4 is 11.5 Å². The van der Waals surface area contributed by atoms with Crippen molar-refractivity contribution in [1.29, 1.82) is 0 Å². The zero-order valence-electron chi connectivity index (χ0n) is 10.5. The number of pyridine rings is 1. The summed E-state index contributed by atoms with van der Waals surface area (Å²) in [7, 11) is 0. The van der Waals surface area contributed by atoms with E-state index in [1.54, 1.807) is 36.5 Å². The topological polar surface area (TPSA) is 104 Å². The summed E-state index contributed by atoms with van der Waals surface area (Å²) in [6, 6.07) is 11.3. The molecule has 0 aliphatic heterocycles. The van der Waals surface area contributed by atoms with Crippen LogP contribution < -0.4 is 5.73 Å². The zero-order valence-corrected chi connectivity index (χ0v) is 10.5. The summed E-state index contributed by atoms with van der Waals surface area (Å²) >= 11 is 0. The van der Waals surface area contributed by atoms with E-state index in [-0.39, 0.29) is 18.1 Å². The number of hydrogen-bond acceptors (Lipinski definition) is 5. The second-order valence-electron chi connectivity index (χ2n) is 3.89. The highest BCUT2D eigenvalue weighted by atomic mass is 16.6. The molecule has 0 spiro atoms. The molecule has 0 aliphatic rings. The van der Waals surface area contributed by atoms with E-state index in [1.165, 1.54) is 12.1 Å². The van der Waals surface area contributed by atoms with E-state index >= 15 is 0 Å². The number of rotatable bonds is 5. The normalized spacial score (nSPS) is 11.1. The Morgan fingerprint density at radius 3 is 2.65 bits per heavy atom. The van der Waals surface area contributed by atoms with Gasteiger partial charge in [-0.2, -0.15) is 0 Å². The predicted octanol–water partition coefficient (Wildman–Crippen LogP) is 1.83. The first-order valence-corrected chi connectivity index (χ1v) is 5.77. The van der Waals surface area contributed by atoms with Gasteiger partial charge in [-0.15, -0.1) is 0 Å². The third-order valence-corrected chi connectivity index (χ3v) is 2.47. The summed E-state index contributed by atoms with van der Waals surface area (Å²) in [6.45, 7) is 0.172. The number of nitrogens with two attached hydrogens (primary N) is 1. The van der Waals surface area contributed by atoms with Crippen molar-refractivity contribution in [1.82, 2.24) is 4.98 Å². The lowest BCUT2D eigenvalue weighted by atomic mass is 10.2. The van der Waals surface area contributed by atoms with Crippen LogP contribution in [-0.2, 0) is 11.4 Å². The minimum absolute atomic E-state index is 0.0326. The molecule has 1 heterocycles. The van der Waals surface area contributed by atoms with E-state index in [1.807, 2.05) is 0 Å². The SMILES string of the molecule is NC(=NOCc1ccc([N+](=O)[O-])cc1)c1ccccn1. The molecule has 0 fully saturated rings. The molecule has 0 saturated carbocycles. The van der Waals surface area contributed by atoms with E-state index in [4.69, 9.17) is 10.6 Å². The molecular weight excluding hydrogens is 260 g/mol. The first-order chi connectivity index (χ1) is 9.66. The molecule has 0 amide bonds. The van der Waals surface area contributed by atoms with Gasteiger partial charge in [-0.3, -0.25) is 15.1 Å². The van der Waals surface area contributed by atoms with Crippen LogP contribution in [0.4, 0.5) is 5.69 Å². The smallest absolute Gasteiger partial charge is 0.269 e. The van der Waals surface area contributed by atoms with Gasteiger partial charge in [0, 0.05) is 18.3 Å². The minimum Gasteiger partial charge on any atom is -0.389 e. The van der Waals surface area contributed by atoms with Gasteiger partial charge in [0.25, 0.3) is 5.69 Å². The quantitative estimate of drug-likeness (QED) is 0.387. The minimum atomic E-state index is -0.456. The van der Waals surface area contributed by atoms with Crippen LogP contribution >= 0.6 is 0 Å². The summed E-state index contributed by atoms with van der Waals surface area (Å²) < 4.78 is 0. The van der Waals surface area contributed by atoms with Crippen molar-refractivity contribution in [2.45, 2.75) is 6.61 Å². The Bertz CT molecular complexity index is 611. The van der Waals surface area contributed by atoms with Gasteiger partial charge in [0.2, 0.25) is 0 Å². The number of aromatic nitrogens is 1. The van der Waals surface area contributed by atoms with Gasteiger partial charge < -0.3 is 10.6 Å². The van der Waals surface area contributed by atoms with Crippen LogP contribution in [0.3, 0.4) is 0 Å². The fourth-order valence-electron chi connectivity index (χ4n) is 1.45. The van der Waals surface area contributed by atoms with Gasteiger partial charge in [0.05, 0.1) is 4.92 Å². The Balaban J connectivity index is 1.94. The maximum atomic E-state index is 10.5. The van der Waals surface area contributed by atoms with Crippen LogP contribution in [-0.4, -0.2) is 15.7 Å². The van der Waals surface area contributed by atoms with E-state index < -0.39 is 4.92 Å². The second kappa shape index (κ2) is 6.28. The summed E-state index contributed by atoms with van der Waals surface area (Å²) in [5.41, 5.74) is 7.01. The van der Waals surface area contributed by atoms with Crippen LogP contribution in [0.1, 0.15) is 11.3 Å². The number of nitro groups is 1. The number of hydrogen-bond donors (Lipinski definition) is 1. The first-order valence-electron chi connectivity index (χ1n) is 5.77. The average molecular weight is 272 g/mol. The number of oxime groups is 1. The van der Waals surface area contributed by atoms with Crippen molar-refractivity contribution in [3.8, 4) is 0 Å². The largest absolute Gasteiger partial charge is 0.389 e. The van der Waals surface area contributed by atoms with Crippen LogP contribution in [0.15, 0.2) is 53.8 Å². The summed E-state index contributed by atoms with van der Waals surface area (Å²) in [5, 5.41) is 14.2. The molecule has 0 saturated heterocycles. The Hall–Kier alpha value is -2.96. The monoisotopic (exact) mass is 272 g/mol. The Morgan fingerprint density at radius 2 is 2.05 bits per heavy atom. The maximum Gasteiger partial charge on any atom is 0.269 e. The molecule has 0 bridgehead atoms. The Labute approximate surface area is 114 Å². The summed E-state index contributed by atoms with van der Waals surface area (Å²) in [6.07, 6.45) is 1.61. The lowest BCUT2D eigenvalue weighted by molar-refractivity contribution is -0.384. The van der Waals surface area contributed by atoms with E-state index in [9.17, 15) is 10.1 Å². The van der Waals surface area contributed by atoms with Crippen LogP contribution in [0, 0.1) is 10.1 Å². The summed E-state index contributed by atoms with van der Waals surface area (Å²) in [4.78, 5) is 19.2. The number of non-ortho nitro benzene ring substituents is 1. The highest BCUT2D eigenvalue weighted by Crippen LogP contribution is 2.12. The van der Waals surface area contributed by atoms with Crippen molar-refractivity contribution in [2.75, 3.05) is 0 Å². The lowest BCUT2D eigenvalue weighted by Crippen LogP contribution is -2.15. The molecule has 7 nitrogen and oxygen atoms in total. The number of benzene rings is 1. The molecule has 2 aromatic rings. The first kappa shape index (κ1) is 13.5. The molecule has 102 valence electrons. The molecule has 7 heteroatoms. The standard InChI is InChI=1S/C13H12N4O3/c14-13(12-3-1-2-8-15-12)16-20-9-10-4-6-11(7-5-10)17(18)19/h1-8H,9H2,(H2,14,16). The third-order valence-electron chi connectivity index (χ3n) is 2.47. The van der Waals surface area contributed by atoms with Crippen molar-refractivity contribution in [2.24, 2.45) is 10.9 Å². The fourth-order valence-corrected chi connectivity index (χ4v) is 1.45. The Kier molecular flexibility index (Phi) is 4.23. The highest BCUT2D eigenvalue weighted by Gasteiger charge is 2.04. The van der Waals surface area contributed by atoms with E-state index in [0.717, 1.165) is 5.56 Å². The molecule has 2 rings (SSSR count). The van der Waals surface area contributed by atoms with Crippen molar-refractivity contribution in [3.05, 3.63) is 70.0 Å². The van der Waals surface area contributed by atoms with E-state index in [0.29, 0.717) is 5.69 Å². The van der Waals surface area contributed by atoms with Gasteiger partial charge >= 0.3 is 0 Å². The van der Waals surface area contributed by atoms with Gasteiger partial charge in [0.1, 0.15) is 12.3 Å². The van der Waals surface area contributed by atoms with Gasteiger partial charge in [-0.25, -0.2) is 0 Å². The maximum absolute atomic E-state index is 10.5. The molecule has 0 atom stereocenters.